The predicted molar refractivity (Wildman–Crippen MR) is 418 cm³/mol. The van der Waals surface area contributed by atoms with E-state index in [2.05, 4.69) is 34.6 Å². The third-order valence-corrected chi connectivity index (χ3v) is 21.4. The van der Waals surface area contributed by atoms with Crippen molar-refractivity contribution >= 4 is 39.5 Å². The Labute approximate surface area is 626 Å². The Morgan fingerprint density at radius 3 is 0.667 bits per heavy atom. The second-order valence-corrected chi connectivity index (χ2v) is 33.3. The van der Waals surface area contributed by atoms with Gasteiger partial charge in [-0.2, -0.15) is 0 Å². The minimum absolute atomic E-state index is 0.108. The summed E-state index contributed by atoms with van der Waals surface area (Å²) in [6.07, 6.45) is 68.0. The van der Waals surface area contributed by atoms with Gasteiger partial charge in [-0.25, -0.2) is 9.13 Å². The fourth-order valence-corrected chi connectivity index (χ4v) is 14.5. The van der Waals surface area contributed by atoms with Crippen LogP contribution in [0.2, 0.25) is 0 Å². The number of phosphoric ester groups is 2. The van der Waals surface area contributed by atoms with Gasteiger partial charge in [-0.1, -0.05) is 394 Å². The number of hydrogen-bond acceptors (Lipinski definition) is 15. The number of rotatable bonds is 83. The minimum Gasteiger partial charge on any atom is -0.462 e. The molecule has 0 aliphatic rings. The zero-order valence-electron chi connectivity index (χ0n) is 66.8. The van der Waals surface area contributed by atoms with E-state index in [9.17, 15) is 43.2 Å². The summed E-state index contributed by atoms with van der Waals surface area (Å²) in [6.45, 7) is 7.32. The highest BCUT2D eigenvalue weighted by atomic mass is 31.2. The quantitative estimate of drug-likeness (QED) is 0.0222. The lowest BCUT2D eigenvalue weighted by molar-refractivity contribution is -0.161. The van der Waals surface area contributed by atoms with Crippen molar-refractivity contribution < 1.29 is 80.2 Å². The Balaban J connectivity index is 5.25. The number of ether oxygens (including phenoxy) is 4. The van der Waals surface area contributed by atoms with Crippen molar-refractivity contribution in [2.24, 2.45) is 5.92 Å². The van der Waals surface area contributed by atoms with E-state index in [1.54, 1.807) is 0 Å². The monoisotopic (exact) mass is 1490 g/mol. The summed E-state index contributed by atoms with van der Waals surface area (Å²) in [6, 6.07) is 0. The maximum Gasteiger partial charge on any atom is 0.472 e. The molecule has 5 atom stereocenters. The van der Waals surface area contributed by atoms with Crippen molar-refractivity contribution in [1.82, 2.24) is 0 Å². The zero-order chi connectivity index (χ0) is 74.8. The van der Waals surface area contributed by atoms with Crippen LogP contribution in [-0.4, -0.2) is 96.7 Å². The summed E-state index contributed by atoms with van der Waals surface area (Å²) >= 11 is 0. The number of hydrogen-bond donors (Lipinski definition) is 3. The Morgan fingerprint density at radius 1 is 0.265 bits per heavy atom. The fraction of sp³-hybridized carbons (Fsp3) is 0.952. The molecule has 0 aromatic heterocycles. The Morgan fingerprint density at radius 2 is 0.451 bits per heavy atom. The molecule has 17 nitrogen and oxygen atoms in total. The van der Waals surface area contributed by atoms with Crippen LogP contribution in [0.1, 0.15) is 446 Å². The van der Waals surface area contributed by atoms with Gasteiger partial charge in [0, 0.05) is 25.7 Å². The molecule has 0 saturated heterocycles. The first-order chi connectivity index (χ1) is 49.5. The van der Waals surface area contributed by atoms with Crippen LogP contribution < -0.4 is 0 Å². The molecule has 19 heteroatoms. The zero-order valence-corrected chi connectivity index (χ0v) is 68.5. The smallest absolute Gasteiger partial charge is 0.462 e. The minimum atomic E-state index is -4.96. The largest absolute Gasteiger partial charge is 0.472 e. The SMILES string of the molecule is CCCCCCCCCCCCCCCCCCCC(=O)OC[C@H](COP(=O)(O)OC[C@@H](O)COP(=O)(O)OC[C@@H](COC(=O)CCCCCCCCCCC(C)C)OC(=O)CCCCCCCCCCCCCCCCCCC)OC(=O)CCCCCCCCCCCCCCCCCCC. The Kier molecular flexibility index (Phi) is 74.4. The van der Waals surface area contributed by atoms with Crippen LogP contribution in [0.15, 0.2) is 0 Å². The maximum absolute atomic E-state index is 13.1. The second-order valence-electron chi connectivity index (χ2n) is 30.3. The van der Waals surface area contributed by atoms with Gasteiger partial charge in [-0.05, 0) is 31.6 Å². The first-order valence-corrected chi connectivity index (χ1v) is 46.1. The van der Waals surface area contributed by atoms with Crippen LogP contribution in [-0.2, 0) is 65.4 Å². The van der Waals surface area contributed by atoms with Crippen LogP contribution in [0, 0.1) is 5.92 Å². The van der Waals surface area contributed by atoms with E-state index in [1.807, 2.05) is 0 Å². The molecule has 3 N–H and O–H groups in total. The highest BCUT2D eigenvalue weighted by molar-refractivity contribution is 7.47. The van der Waals surface area contributed by atoms with Crippen molar-refractivity contribution in [2.45, 2.75) is 464 Å². The van der Waals surface area contributed by atoms with Gasteiger partial charge in [0.2, 0.25) is 0 Å². The number of aliphatic hydroxyl groups excluding tert-OH is 1. The molecule has 0 aliphatic heterocycles. The van der Waals surface area contributed by atoms with Crippen molar-refractivity contribution in [3.05, 3.63) is 0 Å². The molecule has 0 heterocycles. The number of carbonyl (C=O) groups excluding carboxylic acids is 4. The van der Waals surface area contributed by atoms with E-state index in [0.717, 1.165) is 95.8 Å². The lowest BCUT2D eigenvalue weighted by atomic mass is 10.0. The molecule has 102 heavy (non-hydrogen) atoms. The van der Waals surface area contributed by atoms with E-state index in [1.165, 1.54) is 270 Å². The van der Waals surface area contributed by atoms with Gasteiger partial charge in [0.05, 0.1) is 26.4 Å². The van der Waals surface area contributed by atoms with Crippen LogP contribution in [0.3, 0.4) is 0 Å². The molecule has 0 aromatic carbocycles. The molecule has 0 amide bonds. The number of phosphoric acid groups is 2. The Hall–Kier alpha value is -1.94. The van der Waals surface area contributed by atoms with Gasteiger partial charge in [-0.15, -0.1) is 0 Å². The molecular formula is C83H162O17P2. The second kappa shape index (κ2) is 75.9. The van der Waals surface area contributed by atoms with Crippen LogP contribution >= 0.6 is 15.6 Å². The lowest BCUT2D eigenvalue weighted by Crippen LogP contribution is -2.30. The van der Waals surface area contributed by atoms with E-state index < -0.39 is 97.5 Å². The average molecular weight is 1490 g/mol. The normalized spacial score (nSPS) is 13.8. The van der Waals surface area contributed by atoms with Gasteiger partial charge in [0.1, 0.15) is 19.3 Å². The fourth-order valence-electron chi connectivity index (χ4n) is 12.9. The van der Waals surface area contributed by atoms with Crippen molar-refractivity contribution in [3.8, 4) is 0 Å². The van der Waals surface area contributed by atoms with Gasteiger partial charge in [0.25, 0.3) is 0 Å². The number of aliphatic hydroxyl groups is 1. The molecule has 2 unspecified atom stereocenters. The average Bonchev–Trinajstić information content (AvgIpc) is 0.918. The first kappa shape index (κ1) is 100. The summed E-state index contributed by atoms with van der Waals surface area (Å²) in [5.41, 5.74) is 0. The predicted octanol–water partition coefficient (Wildman–Crippen LogP) is 25.2. The van der Waals surface area contributed by atoms with Crippen molar-refractivity contribution in [2.75, 3.05) is 39.6 Å². The highest BCUT2D eigenvalue weighted by Gasteiger charge is 2.30. The molecule has 0 radical (unpaired) electrons. The van der Waals surface area contributed by atoms with Crippen LogP contribution in [0.5, 0.6) is 0 Å². The summed E-state index contributed by atoms with van der Waals surface area (Å²) in [7, 11) is -9.92. The molecule has 0 spiro atoms. The summed E-state index contributed by atoms with van der Waals surface area (Å²) in [4.78, 5) is 73.1. The Bertz CT molecular complexity index is 1940. The number of esters is 4. The molecule has 0 saturated carbocycles. The van der Waals surface area contributed by atoms with Gasteiger partial charge < -0.3 is 33.8 Å². The molecular weight excluding hydrogens is 1330 g/mol. The molecule has 0 rings (SSSR count). The maximum atomic E-state index is 13.1. The number of carbonyl (C=O) groups is 4. The van der Waals surface area contributed by atoms with Gasteiger partial charge in [-0.3, -0.25) is 37.3 Å². The molecule has 0 fully saturated rings. The van der Waals surface area contributed by atoms with Crippen molar-refractivity contribution in [3.63, 3.8) is 0 Å². The molecule has 0 bridgehead atoms. The van der Waals surface area contributed by atoms with Crippen LogP contribution in [0.25, 0.3) is 0 Å². The highest BCUT2D eigenvalue weighted by Crippen LogP contribution is 2.45. The van der Waals surface area contributed by atoms with E-state index in [4.69, 9.17) is 37.0 Å². The lowest BCUT2D eigenvalue weighted by Gasteiger charge is -2.21. The van der Waals surface area contributed by atoms with E-state index >= 15 is 0 Å². The van der Waals surface area contributed by atoms with Crippen molar-refractivity contribution in [1.29, 1.82) is 0 Å². The molecule has 0 aromatic rings. The van der Waals surface area contributed by atoms with Gasteiger partial charge in [0.15, 0.2) is 12.2 Å². The van der Waals surface area contributed by atoms with E-state index in [-0.39, 0.29) is 25.7 Å². The van der Waals surface area contributed by atoms with Crippen LogP contribution in [0.4, 0.5) is 0 Å². The first-order valence-electron chi connectivity index (χ1n) is 43.1. The molecule has 0 aliphatic carbocycles. The summed E-state index contributed by atoms with van der Waals surface area (Å²) < 4.78 is 68.8. The topological polar surface area (TPSA) is 237 Å². The number of unbranched alkanes of at least 4 members (excludes halogenated alkanes) is 55. The standard InChI is InChI=1S/C83H162O17P2/c1-6-9-12-15-18-21-24-27-30-33-36-39-42-45-51-56-61-66-80(85)93-72-78(99-82(87)68-63-58-53-46-43-40-37-34-31-28-25-22-19-16-13-10-7-2)74-97-101(89,90)95-70-77(84)71-96-102(91,92)98-75-79(73-94-81(86)67-62-57-52-49-48-50-55-60-65-76(4)5)100-83(88)69-64-59-54-47-44-41-38-35-32-29-26-23-20-17-14-11-8-3/h76-79,84H,6-75H2,1-5H3,(H,89,90)(H,91,92)/t77-,78-,79-/m1/s1. The van der Waals surface area contributed by atoms with E-state index in [0.29, 0.717) is 25.7 Å². The summed E-state index contributed by atoms with van der Waals surface area (Å²) in [5, 5.41) is 10.7. The summed E-state index contributed by atoms with van der Waals surface area (Å²) in [5.74, 6) is -1.38. The third-order valence-electron chi connectivity index (χ3n) is 19.5. The third kappa shape index (κ3) is 76.3. The molecule has 606 valence electrons. The van der Waals surface area contributed by atoms with Gasteiger partial charge >= 0.3 is 39.5 Å².